The maximum Gasteiger partial charge on any atom is 0.249 e. The molecule has 124 valence electrons. The fraction of sp³-hybridized carbons (Fsp3) is 0.158. The minimum absolute atomic E-state index is 0.425. The van der Waals surface area contributed by atoms with Crippen molar-refractivity contribution in [2.24, 2.45) is 0 Å². The molecule has 0 spiro atoms. The summed E-state index contributed by atoms with van der Waals surface area (Å²) in [6, 6.07) is 13.5. The van der Waals surface area contributed by atoms with Crippen LogP contribution in [0.4, 0.5) is 23.1 Å². The summed E-state index contributed by atoms with van der Waals surface area (Å²) in [6.07, 6.45) is 1.55. The number of nitrogens with one attached hydrogen (secondary N) is 2. The van der Waals surface area contributed by atoms with Gasteiger partial charge in [0.15, 0.2) is 5.82 Å². The molecule has 2 aromatic carbocycles. The number of hydrogen-bond acceptors (Lipinski definition) is 6. The van der Waals surface area contributed by atoms with E-state index in [0.29, 0.717) is 17.3 Å². The van der Waals surface area contributed by atoms with Crippen LogP contribution in [-0.2, 0) is 0 Å². The minimum Gasteiger partial charge on any atom is -0.339 e. The summed E-state index contributed by atoms with van der Waals surface area (Å²) in [5.74, 6) is 0.998. The molecule has 0 atom stereocenters. The van der Waals surface area contributed by atoms with Crippen LogP contribution in [0.25, 0.3) is 0 Å². The number of anilines is 4. The van der Waals surface area contributed by atoms with Crippen molar-refractivity contribution in [2.45, 2.75) is 20.8 Å². The number of aryl methyl sites for hydroxylation is 3. The van der Waals surface area contributed by atoms with Crippen LogP contribution in [0.15, 0.2) is 42.6 Å². The predicted molar refractivity (Wildman–Crippen MR) is 98.2 cm³/mol. The first-order chi connectivity index (χ1) is 12.0. The average Bonchev–Trinajstić information content (AvgIpc) is 2.59. The van der Waals surface area contributed by atoms with Gasteiger partial charge in [-0.15, -0.1) is 5.10 Å². The van der Waals surface area contributed by atoms with E-state index in [1.807, 2.05) is 12.1 Å². The van der Waals surface area contributed by atoms with Crippen LogP contribution in [0, 0.1) is 32.1 Å². The highest BCUT2D eigenvalue weighted by Gasteiger charge is 2.07. The summed E-state index contributed by atoms with van der Waals surface area (Å²) >= 11 is 0. The van der Waals surface area contributed by atoms with Gasteiger partial charge in [0.1, 0.15) is 0 Å². The lowest BCUT2D eigenvalue weighted by molar-refractivity contribution is 0.981. The Labute approximate surface area is 146 Å². The Balaban J connectivity index is 1.81. The molecule has 0 aliphatic rings. The van der Waals surface area contributed by atoms with Crippen LogP contribution < -0.4 is 10.6 Å². The standard InChI is InChI=1S/C19H18N6/c1-12-8-13(2)18(14(3)9-12)24-19-23-17(11-21-25-19)22-16-6-4-15(10-20)5-7-16/h4-9,11H,1-3H3,(H2,22,23,24,25). The molecule has 6 heteroatoms. The summed E-state index contributed by atoms with van der Waals surface area (Å²) in [5.41, 5.74) is 5.91. The molecular weight excluding hydrogens is 312 g/mol. The summed E-state index contributed by atoms with van der Waals surface area (Å²) in [7, 11) is 0. The predicted octanol–water partition coefficient (Wildman–Crippen LogP) is 4.16. The lowest BCUT2D eigenvalue weighted by atomic mass is 10.1. The molecular formula is C19H18N6. The maximum atomic E-state index is 8.85. The monoisotopic (exact) mass is 330 g/mol. The van der Waals surface area contributed by atoms with Gasteiger partial charge in [-0.3, -0.25) is 0 Å². The van der Waals surface area contributed by atoms with Gasteiger partial charge in [0.05, 0.1) is 17.8 Å². The van der Waals surface area contributed by atoms with Crippen LogP contribution in [-0.4, -0.2) is 15.2 Å². The molecule has 3 rings (SSSR count). The SMILES string of the molecule is Cc1cc(C)c(Nc2nncc(Nc3ccc(C#N)cc3)n2)c(C)c1. The molecule has 25 heavy (non-hydrogen) atoms. The Kier molecular flexibility index (Phi) is 4.57. The van der Waals surface area contributed by atoms with E-state index < -0.39 is 0 Å². The Morgan fingerprint density at radius 1 is 0.960 bits per heavy atom. The third kappa shape index (κ3) is 3.90. The number of nitriles is 1. The largest absolute Gasteiger partial charge is 0.339 e. The van der Waals surface area contributed by atoms with Gasteiger partial charge < -0.3 is 10.6 Å². The lowest BCUT2D eigenvalue weighted by Gasteiger charge is -2.13. The molecule has 0 radical (unpaired) electrons. The highest BCUT2D eigenvalue weighted by Crippen LogP contribution is 2.25. The number of aromatic nitrogens is 3. The zero-order valence-electron chi connectivity index (χ0n) is 14.3. The Morgan fingerprint density at radius 3 is 2.28 bits per heavy atom. The van der Waals surface area contributed by atoms with Crippen molar-refractivity contribution in [3.8, 4) is 6.07 Å². The number of hydrogen-bond donors (Lipinski definition) is 2. The first kappa shape index (κ1) is 16.4. The van der Waals surface area contributed by atoms with Crippen molar-refractivity contribution in [2.75, 3.05) is 10.6 Å². The smallest absolute Gasteiger partial charge is 0.249 e. The van der Waals surface area contributed by atoms with Crippen molar-refractivity contribution < 1.29 is 0 Å². The van der Waals surface area contributed by atoms with Gasteiger partial charge >= 0.3 is 0 Å². The summed E-state index contributed by atoms with van der Waals surface area (Å²) in [5, 5.41) is 23.3. The molecule has 0 saturated carbocycles. The van der Waals surface area contributed by atoms with Crippen LogP contribution >= 0.6 is 0 Å². The first-order valence-corrected chi connectivity index (χ1v) is 7.87. The van der Waals surface area contributed by atoms with Gasteiger partial charge in [-0.1, -0.05) is 17.7 Å². The Morgan fingerprint density at radius 2 is 1.64 bits per heavy atom. The van der Waals surface area contributed by atoms with Crippen LogP contribution in [0.3, 0.4) is 0 Å². The molecule has 1 heterocycles. The molecule has 0 aliphatic carbocycles. The third-order valence-electron chi connectivity index (χ3n) is 3.76. The molecule has 1 aromatic heterocycles. The van der Waals surface area contributed by atoms with Crippen LogP contribution in [0.1, 0.15) is 22.3 Å². The summed E-state index contributed by atoms with van der Waals surface area (Å²) < 4.78 is 0. The van der Waals surface area contributed by atoms with E-state index in [0.717, 1.165) is 22.5 Å². The highest BCUT2D eigenvalue weighted by atomic mass is 15.3. The van der Waals surface area contributed by atoms with Crippen molar-refractivity contribution in [3.05, 3.63) is 64.8 Å². The van der Waals surface area contributed by atoms with E-state index >= 15 is 0 Å². The van der Waals surface area contributed by atoms with Gasteiger partial charge in [-0.2, -0.15) is 15.3 Å². The zero-order valence-corrected chi connectivity index (χ0v) is 14.3. The van der Waals surface area contributed by atoms with Gasteiger partial charge in [0.2, 0.25) is 5.95 Å². The first-order valence-electron chi connectivity index (χ1n) is 7.87. The second-order valence-electron chi connectivity index (χ2n) is 5.88. The van der Waals surface area contributed by atoms with E-state index in [2.05, 4.69) is 64.8 Å². The van der Waals surface area contributed by atoms with Crippen molar-refractivity contribution >= 4 is 23.1 Å². The minimum atomic E-state index is 0.425. The number of nitrogens with zero attached hydrogens (tertiary/aromatic N) is 4. The second-order valence-corrected chi connectivity index (χ2v) is 5.88. The van der Waals surface area contributed by atoms with Crippen molar-refractivity contribution in [3.63, 3.8) is 0 Å². The average molecular weight is 330 g/mol. The quantitative estimate of drug-likeness (QED) is 0.747. The van der Waals surface area contributed by atoms with Crippen LogP contribution in [0.2, 0.25) is 0 Å². The highest BCUT2D eigenvalue weighted by molar-refractivity contribution is 5.65. The Bertz CT molecular complexity index is 918. The number of benzene rings is 2. The van der Waals surface area contributed by atoms with E-state index in [9.17, 15) is 0 Å². The molecule has 0 bridgehead atoms. The van der Waals surface area contributed by atoms with Crippen LogP contribution in [0.5, 0.6) is 0 Å². The van der Waals surface area contributed by atoms with Gasteiger partial charge in [-0.05, 0) is 56.2 Å². The Hall–Kier alpha value is -3.46. The molecule has 0 amide bonds. The van der Waals surface area contributed by atoms with E-state index in [1.165, 1.54) is 5.56 Å². The fourth-order valence-electron chi connectivity index (χ4n) is 2.68. The van der Waals surface area contributed by atoms with Crippen molar-refractivity contribution in [1.29, 1.82) is 5.26 Å². The van der Waals surface area contributed by atoms with Gasteiger partial charge in [-0.25, -0.2) is 0 Å². The van der Waals surface area contributed by atoms with Crippen molar-refractivity contribution in [1.82, 2.24) is 15.2 Å². The molecule has 0 saturated heterocycles. The normalized spacial score (nSPS) is 10.2. The molecule has 6 nitrogen and oxygen atoms in total. The van der Waals surface area contributed by atoms with Gasteiger partial charge in [0, 0.05) is 11.4 Å². The topological polar surface area (TPSA) is 86.5 Å². The molecule has 0 fully saturated rings. The zero-order chi connectivity index (χ0) is 17.8. The third-order valence-corrected chi connectivity index (χ3v) is 3.76. The van der Waals surface area contributed by atoms with E-state index in [-0.39, 0.29) is 0 Å². The maximum absolute atomic E-state index is 8.85. The fourth-order valence-corrected chi connectivity index (χ4v) is 2.68. The lowest BCUT2D eigenvalue weighted by Crippen LogP contribution is -2.04. The van der Waals surface area contributed by atoms with Gasteiger partial charge in [0.25, 0.3) is 0 Å². The molecule has 0 aliphatic heterocycles. The van der Waals surface area contributed by atoms with E-state index in [4.69, 9.17) is 5.26 Å². The second kappa shape index (κ2) is 6.97. The van der Waals surface area contributed by atoms with E-state index in [1.54, 1.807) is 18.3 Å². The summed E-state index contributed by atoms with van der Waals surface area (Å²) in [4.78, 5) is 4.45. The summed E-state index contributed by atoms with van der Waals surface area (Å²) in [6.45, 7) is 6.17. The molecule has 2 N–H and O–H groups in total. The molecule has 3 aromatic rings. The molecule has 0 unspecified atom stereocenters. The number of rotatable bonds is 4.